The molecule has 0 spiro atoms. The Morgan fingerprint density at radius 2 is 1.61 bits per heavy atom. The number of hydrogen-bond acceptors (Lipinski definition) is 6. The predicted molar refractivity (Wildman–Crippen MR) is 152 cm³/mol. The number of hydrogen-bond donors (Lipinski definition) is 4. The van der Waals surface area contributed by atoms with E-state index in [0.717, 1.165) is 25.7 Å². The van der Waals surface area contributed by atoms with Crippen molar-refractivity contribution in [2.45, 2.75) is 118 Å². The maximum atomic E-state index is 13.3. The first-order chi connectivity index (χ1) is 17.6. The summed E-state index contributed by atoms with van der Waals surface area (Å²) < 4.78 is 6.20. The maximum absolute atomic E-state index is 13.3. The van der Waals surface area contributed by atoms with Gasteiger partial charge in [0.15, 0.2) is 0 Å². The Labute approximate surface area is 230 Å². The first-order valence-electron chi connectivity index (χ1n) is 14.0. The molecule has 0 aromatic carbocycles. The van der Waals surface area contributed by atoms with Crippen molar-refractivity contribution < 1.29 is 23.9 Å². The summed E-state index contributed by atoms with van der Waals surface area (Å²) in [7, 11) is 0. The Hall–Kier alpha value is -2.26. The third-order valence-corrected chi connectivity index (χ3v) is 7.01. The van der Waals surface area contributed by atoms with E-state index in [4.69, 9.17) is 10.5 Å². The zero-order chi connectivity index (χ0) is 29.5. The van der Waals surface area contributed by atoms with Gasteiger partial charge < -0.3 is 26.4 Å². The third kappa shape index (κ3) is 13.0. The number of ether oxygens (including phenoxy) is 1. The summed E-state index contributed by atoms with van der Waals surface area (Å²) in [5.74, 6) is -1.72. The average Bonchev–Trinajstić information content (AvgIpc) is 2.85. The van der Waals surface area contributed by atoms with Gasteiger partial charge in [-0.2, -0.15) is 0 Å². The molecular formula is C29H54N4O5. The number of carbonyl (C=O) groups excluding carboxylic acids is 4. The summed E-state index contributed by atoms with van der Waals surface area (Å²) in [5, 5.41) is 8.16. The van der Waals surface area contributed by atoms with Crippen LogP contribution < -0.4 is 21.7 Å². The minimum absolute atomic E-state index is 0.147. The van der Waals surface area contributed by atoms with E-state index in [1.54, 1.807) is 0 Å². The summed E-state index contributed by atoms with van der Waals surface area (Å²) in [4.78, 5) is 50.7. The molecule has 0 fully saturated rings. The number of unbranched alkanes of at least 4 members (excludes halogenated alkanes) is 1. The van der Waals surface area contributed by atoms with E-state index in [2.05, 4.69) is 43.3 Å². The Morgan fingerprint density at radius 1 is 0.974 bits per heavy atom. The highest BCUT2D eigenvalue weighted by atomic mass is 16.5. The number of nitrogens with two attached hydrogens (primary N) is 1. The number of rotatable bonds is 20. The lowest BCUT2D eigenvalue weighted by Gasteiger charge is -2.32. The van der Waals surface area contributed by atoms with Crippen molar-refractivity contribution in [2.75, 3.05) is 19.7 Å². The Balaban J connectivity index is 5.42. The van der Waals surface area contributed by atoms with Crippen LogP contribution in [0.2, 0.25) is 0 Å². The van der Waals surface area contributed by atoms with E-state index in [1.165, 1.54) is 6.92 Å². The number of Topliss-reactive ketones (excluding diaryl/α,β-unsaturated/α-hetero) is 1. The fourth-order valence-corrected chi connectivity index (χ4v) is 3.81. The molecule has 0 aromatic heterocycles. The second-order valence-electron chi connectivity index (χ2n) is 11.5. The van der Waals surface area contributed by atoms with Crippen molar-refractivity contribution in [1.82, 2.24) is 16.0 Å². The van der Waals surface area contributed by atoms with Crippen molar-refractivity contribution in [3.8, 4) is 0 Å². The molecule has 0 saturated carbocycles. The second-order valence-corrected chi connectivity index (χ2v) is 11.5. The first kappa shape index (κ1) is 35.7. The molecule has 0 bridgehead atoms. The van der Waals surface area contributed by atoms with Crippen molar-refractivity contribution in [2.24, 2.45) is 17.1 Å². The van der Waals surface area contributed by atoms with Crippen LogP contribution in [0.4, 0.5) is 0 Å². The van der Waals surface area contributed by atoms with Gasteiger partial charge in [-0.25, -0.2) is 0 Å². The van der Waals surface area contributed by atoms with Crippen molar-refractivity contribution in [1.29, 1.82) is 0 Å². The zero-order valence-corrected chi connectivity index (χ0v) is 25.1. The van der Waals surface area contributed by atoms with Crippen LogP contribution in [-0.4, -0.2) is 60.9 Å². The molecule has 0 aliphatic heterocycles. The van der Waals surface area contributed by atoms with Gasteiger partial charge in [0.2, 0.25) is 17.7 Å². The van der Waals surface area contributed by atoms with Gasteiger partial charge in [0.25, 0.3) is 0 Å². The highest BCUT2D eigenvalue weighted by Crippen LogP contribution is 2.27. The standard InChI is InChI=1S/C29H54N4O5/c1-10-12-15-29(9,11-2)38-18-16-28(7,8)27(37)33-23(20(3)4)26(36)32-24(21(5)14-13-17-30)25(35)31-19-22(6)34/h20,23-24H,5,10-19,30H2,1-4,6-9H3,(H,31,35)(H,32,36)(H,33,37)/t23-,24-,29?/m0/s1. The molecule has 38 heavy (non-hydrogen) atoms. The molecule has 0 saturated heterocycles. The normalized spacial score (nSPS) is 14.8. The van der Waals surface area contributed by atoms with Gasteiger partial charge in [-0.3, -0.25) is 19.2 Å². The van der Waals surface area contributed by atoms with E-state index >= 15 is 0 Å². The average molecular weight is 539 g/mol. The van der Waals surface area contributed by atoms with Gasteiger partial charge >= 0.3 is 0 Å². The van der Waals surface area contributed by atoms with Crippen molar-refractivity contribution in [3.05, 3.63) is 12.2 Å². The summed E-state index contributed by atoms with van der Waals surface area (Å²) in [5.41, 5.74) is 5.10. The molecular weight excluding hydrogens is 484 g/mol. The molecule has 1 unspecified atom stereocenters. The number of ketones is 1. The SMILES string of the molecule is C=C(CCCN)[C@H](NC(=O)[C@@H](NC(=O)C(C)(C)CCOC(C)(CC)CCCC)C(C)C)C(=O)NCC(C)=O. The number of carbonyl (C=O) groups is 4. The quantitative estimate of drug-likeness (QED) is 0.175. The smallest absolute Gasteiger partial charge is 0.247 e. The summed E-state index contributed by atoms with van der Waals surface area (Å²) in [6.07, 6.45) is 5.60. The molecule has 9 nitrogen and oxygen atoms in total. The van der Waals surface area contributed by atoms with Gasteiger partial charge in [0.1, 0.15) is 17.9 Å². The lowest BCUT2D eigenvalue weighted by Crippen LogP contribution is -2.57. The predicted octanol–water partition coefficient (Wildman–Crippen LogP) is 3.40. The van der Waals surface area contributed by atoms with Gasteiger partial charge in [0, 0.05) is 12.0 Å². The van der Waals surface area contributed by atoms with Crippen molar-refractivity contribution >= 4 is 23.5 Å². The first-order valence-corrected chi connectivity index (χ1v) is 14.0. The van der Waals surface area contributed by atoms with Crippen LogP contribution in [0.25, 0.3) is 0 Å². The van der Waals surface area contributed by atoms with Gasteiger partial charge in [-0.15, -0.1) is 0 Å². The monoisotopic (exact) mass is 538 g/mol. The summed E-state index contributed by atoms with van der Waals surface area (Å²) in [6.45, 7) is 19.7. The highest BCUT2D eigenvalue weighted by Gasteiger charge is 2.35. The zero-order valence-electron chi connectivity index (χ0n) is 25.1. The van der Waals surface area contributed by atoms with E-state index in [-0.39, 0.29) is 29.8 Å². The van der Waals surface area contributed by atoms with Crippen LogP contribution in [0, 0.1) is 11.3 Å². The van der Waals surface area contributed by atoms with Crippen LogP contribution in [0.15, 0.2) is 12.2 Å². The summed E-state index contributed by atoms with van der Waals surface area (Å²) >= 11 is 0. The molecule has 5 N–H and O–H groups in total. The van der Waals surface area contributed by atoms with Crippen LogP contribution in [0.3, 0.4) is 0 Å². The largest absolute Gasteiger partial charge is 0.375 e. The van der Waals surface area contributed by atoms with Crippen LogP contribution in [0.5, 0.6) is 0 Å². The van der Waals surface area contributed by atoms with Crippen molar-refractivity contribution in [3.63, 3.8) is 0 Å². The molecule has 0 aliphatic carbocycles. The minimum atomic E-state index is -1.04. The molecule has 9 heteroatoms. The van der Waals surface area contributed by atoms with Gasteiger partial charge in [-0.05, 0) is 64.0 Å². The molecule has 220 valence electrons. The lowest BCUT2D eigenvalue weighted by molar-refractivity contribution is -0.137. The molecule has 0 aliphatic rings. The summed E-state index contributed by atoms with van der Waals surface area (Å²) in [6, 6.07) is -1.90. The van der Waals surface area contributed by atoms with Crippen LogP contribution >= 0.6 is 0 Å². The Morgan fingerprint density at radius 3 is 2.11 bits per heavy atom. The molecule has 0 radical (unpaired) electrons. The topological polar surface area (TPSA) is 140 Å². The van der Waals surface area contributed by atoms with E-state index in [1.807, 2.05) is 27.7 Å². The van der Waals surface area contributed by atoms with Gasteiger partial charge in [0.05, 0.1) is 12.1 Å². The van der Waals surface area contributed by atoms with E-state index in [9.17, 15) is 19.2 Å². The Bertz CT molecular complexity index is 796. The highest BCUT2D eigenvalue weighted by molar-refractivity contribution is 5.95. The molecule has 3 atom stereocenters. The van der Waals surface area contributed by atoms with Crippen LogP contribution in [-0.2, 0) is 23.9 Å². The molecule has 0 rings (SSSR count). The molecule has 3 amide bonds. The molecule has 0 heterocycles. The second kappa shape index (κ2) is 17.4. The lowest BCUT2D eigenvalue weighted by atomic mass is 9.87. The van der Waals surface area contributed by atoms with Gasteiger partial charge in [-0.1, -0.05) is 61.0 Å². The van der Waals surface area contributed by atoms with E-state index in [0.29, 0.717) is 38.0 Å². The van der Waals surface area contributed by atoms with E-state index < -0.39 is 29.3 Å². The third-order valence-electron chi connectivity index (χ3n) is 7.01. The fourth-order valence-electron chi connectivity index (χ4n) is 3.81. The Kier molecular flexibility index (Phi) is 16.3. The minimum Gasteiger partial charge on any atom is -0.375 e. The molecule has 0 aromatic rings. The number of nitrogens with one attached hydrogen (secondary N) is 3. The maximum Gasteiger partial charge on any atom is 0.247 e. The fraction of sp³-hybridized carbons (Fsp3) is 0.793. The number of amides is 3. The van der Waals surface area contributed by atoms with Crippen LogP contribution in [0.1, 0.15) is 100 Å².